The van der Waals surface area contributed by atoms with Gasteiger partial charge in [0, 0.05) is 25.7 Å². The van der Waals surface area contributed by atoms with E-state index in [1.807, 2.05) is 18.2 Å². The highest BCUT2D eigenvalue weighted by molar-refractivity contribution is 5.81. The number of aromatic nitrogens is 2. The molecule has 2 heterocycles. The topological polar surface area (TPSA) is 87.2 Å². The molecule has 7 heteroatoms. The van der Waals surface area contributed by atoms with Gasteiger partial charge in [0.05, 0.1) is 10.8 Å². The highest BCUT2D eigenvalue weighted by Gasteiger charge is 2.24. The molecule has 4 rings (SSSR count). The Bertz CT molecular complexity index is 1100. The van der Waals surface area contributed by atoms with E-state index in [1.54, 1.807) is 24.3 Å². The fourth-order valence-electron chi connectivity index (χ4n) is 3.71. The van der Waals surface area contributed by atoms with Crippen LogP contribution in [0.15, 0.2) is 64.2 Å². The molecule has 0 spiro atoms. The normalized spacial score (nSPS) is 17.1. The SMILES string of the molecule is O=C(Cn1[nH]c(=O)c2ccccc2c1=O)NC1CCN(Cc2ccccc2)C1. The maximum Gasteiger partial charge on any atom is 0.273 e. The van der Waals surface area contributed by atoms with Gasteiger partial charge in [-0.15, -0.1) is 0 Å². The summed E-state index contributed by atoms with van der Waals surface area (Å²) < 4.78 is 1.08. The van der Waals surface area contributed by atoms with Crippen LogP contribution in [-0.4, -0.2) is 39.7 Å². The van der Waals surface area contributed by atoms with Crippen LogP contribution in [-0.2, 0) is 17.9 Å². The molecule has 2 aromatic carbocycles. The molecular weight excluding hydrogens is 356 g/mol. The first kappa shape index (κ1) is 18.2. The number of fused-ring (bicyclic) bond motifs is 1. The van der Waals surface area contributed by atoms with E-state index >= 15 is 0 Å². The Kier molecular flexibility index (Phi) is 5.08. The standard InChI is InChI=1S/C21H22N4O3/c26-19(14-25-21(28)18-9-5-4-8-17(18)20(27)23-25)22-16-10-11-24(13-16)12-15-6-2-1-3-7-15/h1-9,16H,10-14H2,(H,22,26)(H,23,27). The molecule has 3 aromatic rings. The van der Waals surface area contributed by atoms with Gasteiger partial charge in [-0.1, -0.05) is 42.5 Å². The largest absolute Gasteiger partial charge is 0.350 e. The number of nitrogens with zero attached hydrogens (tertiary/aromatic N) is 2. The third-order valence-corrected chi connectivity index (χ3v) is 5.07. The van der Waals surface area contributed by atoms with Crippen molar-refractivity contribution in [2.75, 3.05) is 13.1 Å². The number of hydrogen-bond donors (Lipinski definition) is 2. The molecule has 2 N–H and O–H groups in total. The van der Waals surface area contributed by atoms with Gasteiger partial charge in [-0.25, -0.2) is 4.68 Å². The maximum atomic E-state index is 12.5. The number of likely N-dealkylation sites (tertiary alicyclic amines) is 1. The van der Waals surface area contributed by atoms with Crippen molar-refractivity contribution >= 4 is 16.7 Å². The Balaban J connectivity index is 1.39. The van der Waals surface area contributed by atoms with Crippen LogP contribution in [0.1, 0.15) is 12.0 Å². The lowest BCUT2D eigenvalue weighted by atomic mass is 10.2. The second kappa shape index (κ2) is 7.82. The summed E-state index contributed by atoms with van der Waals surface area (Å²) in [5.41, 5.74) is 0.496. The van der Waals surface area contributed by atoms with Crippen molar-refractivity contribution in [2.24, 2.45) is 0 Å². The molecule has 1 saturated heterocycles. The molecule has 1 fully saturated rings. The number of H-pyrrole nitrogens is 1. The zero-order valence-corrected chi connectivity index (χ0v) is 15.4. The molecule has 1 unspecified atom stereocenters. The average Bonchev–Trinajstić information content (AvgIpc) is 3.13. The second-order valence-electron chi connectivity index (χ2n) is 7.15. The van der Waals surface area contributed by atoms with Crippen LogP contribution in [0.3, 0.4) is 0 Å². The molecule has 0 aliphatic carbocycles. The lowest BCUT2D eigenvalue weighted by molar-refractivity contribution is -0.122. The first-order chi connectivity index (χ1) is 13.6. The quantitative estimate of drug-likeness (QED) is 0.696. The minimum atomic E-state index is -0.377. The number of amides is 1. The zero-order valence-electron chi connectivity index (χ0n) is 15.4. The van der Waals surface area contributed by atoms with Crippen LogP contribution >= 0.6 is 0 Å². The number of aromatic amines is 1. The molecule has 1 aliphatic heterocycles. The fraction of sp³-hybridized carbons (Fsp3) is 0.286. The van der Waals surface area contributed by atoms with Gasteiger partial charge in [-0.2, -0.15) is 0 Å². The number of benzene rings is 2. The maximum absolute atomic E-state index is 12.5. The van der Waals surface area contributed by atoms with E-state index in [4.69, 9.17) is 0 Å². The van der Waals surface area contributed by atoms with E-state index in [2.05, 4.69) is 27.4 Å². The predicted octanol–water partition coefficient (Wildman–Crippen LogP) is 1.08. The van der Waals surface area contributed by atoms with Gasteiger partial charge < -0.3 is 5.32 Å². The molecule has 0 bridgehead atoms. The van der Waals surface area contributed by atoms with Gasteiger partial charge in [-0.3, -0.25) is 24.4 Å². The Hall–Kier alpha value is -3.19. The van der Waals surface area contributed by atoms with Crippen LogP contribution in [0.25, 0.3) is 10.8 Å². The lowest BCUT2D eigenvalue weighted by Gasteiger charge is -2.17. The average molecular weight is 378 g/mol. The van der Waals surface area contributed by atoms with Crippen molar-refractivity contribution in [3.63, 3.8) is 0 Å². The molecule has 1 amide bonds. The molecule has 1 aliphatic rings. The van der Waals surface area contributed by atoms with Crippen molar-refractivity contribution in [1.29, 1.82) is 0 Å². The number of carbonyl (C=O) groups excluding carboxylic acids is 1. The van der Waals surface area contributed by atoms with Crippen LogP contribution in [0, 0.1) is 0 Å². The van der Waals surface area contributed by atoms with Crippen LogP contribution in [0.5, 0.6) is 0 Å². The minimum Gasteiger partial charge on any atom is -0.350 e. The van der Waals surface area contributed by atoms with E-state index in [9.17, 15) is 14.4 Å². The molecule has 28 heavy (non-hydrogen) atoms. The van der Waals surface area contributed by atoms with Crippen LogP contribution in [0.2, 0.25) is 0 Å². The molecule has 7 nitrogen and oxygen atoms in total. The number of carbonyl (C=O) groups is 1. The zero-order chi connectivity index (χ0) is 19.5. The summed E-state index contributed by atoms with van der Waals surface area (Å²) in [5.74, 6) is -0.278. The molecule has 1 atom stereocenters. The summed E-state index contributed by atoms with van der Waals surface area (Å²) in [6.07, 6.45) is 0.863. The number of hydrogen-bond acceptors (Lipinski definition) is 4. The van der Waals surface area contributed by atoms with E-state index in [0.29, 0.717) is 10.8 Å². The monoisotopic (exact) mass is 378 g/mol. The van der Waals surface area contributed by atoms with Gasteiger partial charge in [-0.05, 0) is 24.1 Å². The Morgan fingerprint density at radius 2 is 1.75 bits per heavy atom. The van der Waals surface area contributed by atoms with Gasteiger partial charge >= 0.3 is 0 Å². The summed E-state index contributed by atoms with van der Waals surface area (Å²) in [6.45, 7) is 2.33. The molecule has 0 radical (unpaired) electrons. The lowest BCUT2D eigenvalue weighted by Crippen LogP contribution is -2.42. The van der Waals surface area contributed by atoms with Gasteiger partial charge in [0.25, 0.3) is 11.1 Å². The Morgan fingerprint density at radius 1 is 1.04 bits per heavy atom. The summed E-state index contributed by atoms with van der Waals surface area (Å²) >= 11 is 0. The van der Waals surface area contributed by atoms with E-state index in [-0.39, 0.29) is 29.6 Å². The van der Waals surface area contributed by atoms with Gasteiger partial charge in [0.2, 0.25) is 5.91 Å². The Morgan fingerprint density at radius 3 is 2.54 bits per heavy atom. The van der Waals surface area contributed by atoms with Crippen molar-refractivity contribution in [2.45, 2.75) is 25.6 Å². The molecular formula is C21H22N4O3. The third-order valence-electron chi connectivity index (χ3n) is 5.07. The first-order valence-corrected chi connectivity index (χ1v) is 9.37. The third kappa shape index (κ3) is 3.89. The van der Waals surface area contributed by atoms with Crippen LogP contribution < -0.4 is 16.4 Å². The summed E-state index contributed by atoms with van der Waals surface area (Å²) in [5, 5.41) is 6.11. The van der Waals surface area contributed by atoms with Crippen molar-refractivity contribution in [1.82, 2.24) is 20.0 Å². The van der Waals surface area contributed by atoms with Crippen molar-refractivity contribution in [3.05, 3.63) is 80.9 Å². The van der Waals surface area contributed by atoms with Crippen molar-refractivity contribution < 1.29 is 4.79 Å². The summed E-state index contributed by atoms with van der Waals surface area (Å²) in [6, 6.07) is 16.9. The summed E-state index contributed by atoms with van der Waals surface area (Å²) in [7, 11) is 0. The second-order valence-corrected chi connectivity index (χ2v) is 7.15. The Labute approximate surface area is 161 Å². The number of rotatable bonds is 5. The first-order valence-electron chi connectivity index (χ1n) is 9.37. The molecule has 1 aromatic heterocycles. The van der Waals surface area contributed by atoms with E-state index < -0.39 is 0 Å². The minimum absolute atomic E-state index is 0.0408. The van der Waals surface area contributed by atoms with Crippen LogP contribution in [0.4, 0.5) is 0 Å². The fourth-order valence-corrected chi connectivity index (χ4v) is 3.71. The van der Waals surface area contributed by atoms with Crippen molar-refractivity contribution in [3.8, 4) is 0 Å². The molecule has 0 saturated carbocycles. The highest BCUT2D eigenvalue weighted by Crippen LogP contribution is 2.13. The number of nitrogens with one attached hydrogen (secondary N) is 2. The highest BCUT2D eigenvalue weighted by atomic mass is 16.2. The summed E-state index contributed by atoms with van der Waals surface area (Å²) in [4.78, 5) is 39.4. The predicted molar refractivity (Wildman–Crippen MR) is 107 cm³/mol. The smallest absolute Gasteiger partial charge is 0.273 e. The van der Waals surface area contributed by atoms with Gasteiger partial charge in [0.1, 0.15) is 6.54 Å². The van der Waals surface area contributed by atoms with E-state index in [0.717, 1.165) is 30.7 Å². The molecule has 144 valence electrons. The van der Waals surface area contributed by atoms with E-state index in [1.165, 1.54) is 5.56 Å². The van der Waals surface area contributed by atoms with Gasteiger partial charge in [0.15, 0.2) is 0 Å².